The van der Waals surface area contributed by atoms with Crippen LogP contribution in [0.15, 0.2) is 0 Å². The minimum absolute atomic E-state index is 0.0678. The largest absolute Gasteiger partial charge is 0.391 e. The molecule has 1 saturated heterocycles. The number of nitrogens with zero attached hydrogens (tertiary/aromatic N) is 1. The van der Waals surface area contributed by atoms with Crippen molar-refractivity contribution in [2.24, 2.45) is 11.8 Å². The van der Waals surface area contributed by atoms with Gasteiger partial charge in [0, 0.05) is 25.0 Å². The molecule has 1 N–H and O–H groups in total. The molecule has 0 aromatic carbocycles. The summed E-state index contributed by atoms with van der Waals surface area (Å²) in [5, 5.41) is 3.36. The Morgan fingerprint density at radius 1 is 1.19 bits per heavy atom. The first-order valence-corrected chi connectivity index (χ1v) is 8.00. The Kier molecular flexibility index (Phi) is 5.52. The molecule has 122 valence electrons. The molecule has 1 aliphatic carbocycles. The topological polar surface area (TPSA) is 32.3 Å². The molecular weight excluding hydrogens is 281 g/mol. The summed E-state index contributed by atoms with van der Waals surface area (Å²) in [6.45, 7) is 4.37. The van der Waals surface area contributed by atoms with Gasteiger partial charge in [0.25, 0.3) is 0 Å². The molecule has 1 unspecified atom stereocenters. The fraction of sp³-hybridized carbons (Fsp3) is 0.933. The van der Waals surface area contributed by atoms with E-state index in [0.29, 0.717) is 25.4 Å². The number of alkyl halides is 3. The number of halogens is 3. The third-order valence-corrected chi connectivity index (χ3v) is 4.77. The number of rotatable bonds is 3. The van der Waals surface area contributed by atoms with Crippen LogP contribution < -0.4 is 5.32 Å². The highest BCUT2D eigenvalue weighted by atomic mass is 19.4. The number of amides is 1. The van der Waals surface area contributed by atoms with Crippen LogP contribution in [0.2, 0.25) is 0 Å². The Morgan fingerprint density at radius 3 is 2.43 bits per heavy atom. The lowest BCUT2D eigenvalue weighted by atomic mass is 9.80. The maximum atomic E-state index is 12.7. The zero-order valence-electron chi connectivity index (χ0n) is 12.6. The first kappa shape index (κ1) is 16.6. The van der Waals surface area contributed by atoms with E-state index < -0.39 is 12.1 Å². The molecule has 0 radical (unpaired) electrons. The van der Waals surface area contributed by atoms with E-state index in [0.717, 1.165) is 25.9 Å². The molecule has 2 aliphatic rings. The molecule has 1 amide bonds. The quantitative estimate of drug-likeness (QED) is 0.869. The number of carbonyl (C=O) groups is 1. The highest BCUT2D eigenvalue weighted by molar-refractivity contribution is 5.79. The first-order valence-electron chi connectivity index (χ1n) is 8.00. The van der Waals surface area contributed by atoms with Gasteiger partial charge in [0.15, 0.2) is 0 Å². The molecule has 0 aromatic heterocycles. The van der Waals surface area contributed by atoms with Crippen molar-refractivity contribution < 1.29 is 18.0 Å². The SMILES string of the molecule is CCNC1CCCN(C(=O)C2CCC(C(F)(F)F)CC2)C1. The van der Waals surface area contributed by atoms with Crippen molar-refractivity contribution >= 4 is 5.91 Å². The molecule has 2 rings (SSSR count). The lowest BCUT2D eigenvalue weighted by Gasteiger charge is -2.37. The van der Waals surface area contributed by atoms with Crippen molar-refractivity contribution in [2.45, 2.75) is 57.7 Å². The molecule has 3 nitrogen and oxygen atoms in total. The summed E-state index contributed by atoms with van der Waals surface area (Å²) < 4.78 is 38.0. The van der Waals surface area contributed by atoms with Gasteiger partial charge in [-0.15, -0.1) is 0 Å². The minimum Gasteiger partial charge on any atom is -0.341 e. The zero-order chi connectivity index (χ0) is 15.5. The summed E-state index contributed by atoms with van der Waals surface area (Å²) in [5.41, 5.74) is 0. The van der Waals surface area contributed by atoms with Gasteiger partial charge in [-0.3, -0.25) is 4.79 Å². The van der Waals surface area contributed by atoms with E-state index in [9.17, 15) is 18.0 Å². The summed E-state index contributed by atoms with van der Waals surface area (Å²) in [6, 6.07) is 0.333. The highest BCUT2D eigenvalue weighted by Gasteiger charge is 2.43. The van der Waals surface area contributed by atoms with Crippen LogP contribution in [0.4, 0.5) is 13.2 Å². The fourth-order valence-corrected chi connectivity index (χ4v) is 3.56. The van der Waals surface area contributed by atoms with Crippen molar-refractivity contribution in [3.63, 3.8) is 0 Å². The zero-order valence-corrected chi connectivity index (χ0v) is 12.6. The van der Waals surface area contributed by atoms with Crippen LogP contribution in [-0.4, -0.2) is 42.7 Å². The molecule has 0 spiro atoms. The average Bonchev–Trinajstić information content (AvgIpc) is 2.46. The minimum atomic E-state index is -4.10. The van der Waals surface area contributed by atoms with Crippen LogP contribution >= 0.6 is 0 Å². The second-order valence-corrected chi connectivity index (χ2v) is 6.27. The van der Waals surface area contributed by atoms with Crippen molar-refractivity contribution in [3.8, 4) is 0 Å². The maximum Gasteiger partial charge on any atom is 0.391 e. The van der Waals surface area contributed by atoms with Crippen LogP contribution in [0.1, 0.15) is 45.4 Å². The fourth-order valence-electron chi connectivity index (χ4n) is 3.56. The van der Waals surface area contributed by atoms with Gasteiger partial charge in [0.05, 0.1) is 5.92 Å². The van der Waals surface area contributed by atoms with E-state index in [2.05, 4.69) is 5.32 Å². The van der Waals surface area contributed by atoms with Gasteiger partial charge >= 0.3 is 6.18 Å². The van der Waals surface area contributed by atoms with Gasteiger partial charge < -0.3 is 10.2 Å². The third-order valence-electron chi connectivity index (χ3n) is 4.77. The van der Waals surface area contributed by atoms with Gasteiger partial charge in [-0.05, 0) is 45.1 Å². The number of likely N-dealkylation sites (N-methyl/N-ethyl adjacent to an activating group) is 1. The van der Waals surface area contributed by atoms with Crippen LogP contribution in [0.3, 0.4) is 0 Å². The Hall–Kier alpha value is -0.780. The number of likely N-dealkylation sites (tertiary alicyclic amines) is 1. The first-order chi connectivity index (χ1) is 9.91. The van der Waals surface area contributed by atoms with Gasteiger partial charge in [0.2, 0.25) is 5.91 Å². The number of nitrogens with one attached hydrogen (secondary N) is 1. The summed E-state index contributed by atoms with van der Waals surface area (Å²) in [5.74, 6) is -1.35. The molecule has 0 aromatic rings. The lowest BCUT2D eigenvalue weighted by molar-refractivity contribution is -0.185. The van der Waals surface area contributed by atoms with Crippen molar-refractivity contribution in [2.75, 3.05) is 19.6 Å². The molecule has 1 saturated carbocycles. The van der Waals surface area contributed by atoms with E-state index in [1.807, 2.05) is 11.8 Å². The predicted molar refractivity (Wildman–Crippen MR) is 74.8 cm³/mol. The van der Waals surface area contributed by atoms with E-state index in [1.165, 1.54) is 0 Å². The number of hydrogen-bond acceptors (Lipinski definition) is 2. The molecule has 21 heavy (non-hydrogen) atoms. The van der Waals surface area contributed by atoms with Crippen LogP contribution in [0, 0.1) is 11.8 Å². The van der Waals surface area contributed by atoms with Crippen LogP contribution in [0.5, 0.6) is 0 Å². The second kappa shape index (κ2) is 6.99. The Labute approximate surface area is 124 Å². The molecule has 2 fully saturated rings. The molecule has 1 heterocycles. The van der Waals surface area contributed by atoms with Crippen molar-refractivity contribution in [3.05, 3.63) is 0 Å². The average molecular weight is 306 g/mol. The molecule has 1 aliphatic heterocycles. The van der Waals surface area contributed by atoms with E-state index in [1.54, 1.807) is 0 Å². The lowest BCUT2D eigenvalue weighted by Crippen LogP contribution is -2.50. The Morgan fingerprint density at radius 2 is 1.86 bits per heavy atom. The maximum absolute atomic E-state index is 12.7. The molecule has 1 atom stereocenters. The summed E-state index contributed by atoms with van der Waals surface area (Å²) in [4.78, 5) is 14.3. The molecule has 6 heteroatoms. The number of carbonyl (C=O) groups excluding carboxylic acids is 1. The van der Waals surface area contributed by atoms with Crippen molar-refractivity contribution in [1.29, 1.82) is 0 Å². The Balaban J connectivity index is 1.84. The van der Waals surface area contributed by atoms with Gasteiger partial charge in [-0.25, -0.2) is 0 Å². The summed E-state index contributed by atoms with van der Waals surface area (Å²) >= 11 is 0. The van der Waals surface area contributed by atoms with Crippen LogP contribution in [0.25, 0.3) is 0 Å². The number of piperidine rings is 1. The monoisotopic (exact) mass is 306 g/mol. The Bertz CT molecular complexity index is 349. The summed E-state index contributed by atoms with van der Waals surface area (Å²) in [6.07, 6.45) is -1.10. The van der Waals surface area contributed by atoms with Gasteiger partial charge in [-0.1, -0.05) is 6.92 Å². The van der Waals surface area contributed by atoms with Gasteiger partial charge in [-0.2, -0.15) is 13.2 Å². The highest BCUT2D eigenvalue weighted by Crippen LogP contribution is 2.40. The molecule has 0 bridgehead atoms. The second-order valence-electron chi connectivity index (χ2n) is 6.27. The predicted octanol–water partition coefficient (Wildman–Crippen LogP) is 2.96. The standard InChI is InChI=1S/C15H25F3N2O/c1-2-19-13-4-3-9-20(10-13)14(21)11-5-7-12(8-6-11)15(16,17)18/h11-13,19H,2-10H2,1H3. The normalized spacial score (nSPS) is 31.2. The number of hydrogen-bond donors (Lipinski definition) is 1. The third kappa shape index (κ3) is 4.34. The van der Waals surface area contributed by atoms with E-state index in [-0.39, 0.29) is 24.7 Å². The van der Waals surface area contributed by atoms with E-state index >= 15 is 0 Å². The van der Waals surface area contributed by atoms with E-state index in [4.69, 9.17) is 0 Å². The van der Waals surface area contributed by atoms with Crippen LogP contribution in [-0.2, 0) is 4.79 Å². The van der Waals surface area contributed by atoms with Gasteiger partial charge in [0.1, 0.15) is 0 Å². The molecular formula is C15H25F3N2O. The smallest absolute Gasteiger partial charge is 0.341 e. The van der Waals surface area contributed by atoms with Crippen molar-refractivity contribution in [1.82, 2.24) is 10.2 Å². The summed E-state index contributed by atoms with van der Waals surface area (Å²) in [7, 11) is 0.